The highest BCUT2D eigenvalue weighted by molar-refractivity contribution is 5.68. The van der Waals surface area contributed by atoms with Crippen molar-refractivity contribution in [3.05, 3.63) is 57.5 Å². The summed E-state index contributed by atoms with van der Waals surface area (Å²) in [6, 6.07) is 12.1. The largest absolute Gasteiger partial charge is 0.248 e. The standard InChI is InChI=1S/C13H7N3/c1-2-4-9-8(3-1)12-10(16-9)5-6-11-13(12)15-7-14-11/h1-7H. The summed E-state index contributed by atoms with van der Waals surface area (Å²) in [6.07, 6.45) is 1.60. The molecule has 3 nitrogen and oxygen atoms in total. The third-order valence-corrected chi connectivity index (χ3v) is 2.93. The highest BCUT2D eigenvalue weighted by Crippen LogP contribution is 2.19. The molecule has 0 aliphatic carbocycles. The van der Waals surface area contributed by atoms with Crippen LogP contribution in [-0.4, -0.2) is 6.34 Å². The third-order valence-electron chi connectivity index (χ3n) is 2.93. The molecule has 2 heterocycles. The van der Waals surface area contributed by atoms with E-state index in [0.29, 0.717) is 0 Å². The number of fused-ring (bicyclic) bond motifs is 4. The lowest BCUT2D eigenvalue weighted by Crippen LogP contribution is -2.03. The lowest BCUT2D eigenvalue weighted by Gasteiger charge is -1.92. The van der Waals surface area contributed by atoms with Gasteiger partial charge in [0.05, 0.1) is 16.7 Å². The molecule has 0 fully saturated rings. The average molecular weight is 205 g/mol. The molecule has 0 unspecified atom stereocenters. The number of para-hydroxylation sites is 1. The van der Waals surface area contributed by atoms with Crippen molar-refractivity contribution in [2.45, 2.75) is 0 Å². The smallest absolute Gasteiger partial charge is 0.116 e. The lowest BCUT2D eigenvalue weighted by atomic mass is 10.2. The van der Waals surface area contributed by atoms with Crippen molar-refractivity contribution in [1.29, 1.82) is 0 Å². The average Bonchev–Trinajstić information content (AvgIpc) is 2.91. The Morgan fingerprint density at radius 1 is 0.875 bits per heavy atom. The Balaban J connectivity index is 2.43. The van der Waals surface area contributed by atoms with E-state index in [4.69, 9.17) is 0 Å². The Hall–Kier alpha value is -2.29. The topological polar surface area (TPSA) is 37.1 Å². The van der Waals surface area contributed by atoms with E-state index in [2.05, 4.69) is 21.0 Å². The molecule has 0 atom stereocenters. The summed E-state index contributed by atoms with van der Waals surface area (Å²) in [5.41, 5.74) is 1.93. The van der Waals surface area contributed by atoms with Gasteiger partial charge in [-0.15, -0.1) is 0 Å². The van der Waals surface area contributed by atoms with Crippen molar-refractivity contribution in [2.24, 2.45) is 15.0 Å². The van der Waals surface area contributed by atoms with Crippen LogP contribution in [0.4, 0.5) is 11.4 Å². The first-order valence-electron chi connectivity index (χ1n) is 5.15. The van der Waals surface area contributed by atoms with Gasteiger partial charge < -0.3 is 0 Å². The molecule has 0 N–H and O–H groups in total. The molecular formula is C13H7N3. The molecule has 0 amide bonds. The van der Waals surface area contributed by atoms with E-state index in [-0.39, 0.29) is 0 Å². The monoisotopic (exact) mass is 205 g/mol. The van der Waals surface area contributed by atoms with Gasteiger partial charge in [0, 0.05) is 10.4 Å². The van der Waals surface area contributed by atoms with E-state index in [1.807, 2.05) is 30.3 Å². The number of aliphatic imine (C=N–C) groups is 1. The van der Waals surface area contributed by atoms with Gasteiger partial charge in [0.15, 0.2) is 0 Å². The second-order valence-corrected chi connectivity index (χ2v) is 3.83. The number of hydrogen-bond acceptors (Lipinski definition) is 3. The molecule has 74 valence electrons. The fraction of sp³-hybridized carbons (Fsp3) is 0. The van der Waals surface area contributed by atoms with Crippen LogP contribution in [0.2, 0.25) is 0 Å². The van der Waals surface area contributed by atoms with Gasteiger partial charge in [-0.05, 0) is 18.2 Å². The lowest BCUT2D eigenvalue weighted by molar-refractivity contribution is 1.37. The maximum atomic E-state index is 4.58. The van der Waals surface area contributed by atoms with Gasteiger partial charge in [0.1, 0.15) is 11.7 Å². The Morgan fingerprint density at radius 3 is 2.75 bits per heavy atom. The Bertz CT molecular complexity index is 848. The van der Waals surface area contributed by atoms with E-state index in [1.54, 1.807) is 6.34 Å². The highest BCUT2D eigenvalue weighted by atomic mass is 14.9. The first kappa shape index (κ1) is 7.93. The van der Waals surface area contributed by atoms with Crippen LogP contribution in [0.3, 0.4) is 0 Å². The molecule has 4 rings (SSSR count). The van der Waals surface area contributed by atoms with Gasteiger partial charge in [-0.25, -0.2) is 15.0 Å². The van der Waals surface area contributed by atoms with E-state index in [9.17, 15) is 0 Å². The van der Waals surface area contributed by atoms with Crippen LogP contribution in [-0.2, 0) is 0 Å². The first-order valence-corrected chi connectivity index (χ1v) is 5.15. The minimum atomic E-state index is 0.936. The van der Waals surface area contributed by atoms with Gasteiger partial charge in [0.25, 0.3) is 0 Å². The summed E-state index contributed by atoms with van der Waals surface area (Å²) in [7, 11) is 0. The van der Waals surface area contributed by atoms with Crippen molar-refractivity contribution in [3.63, 3.8) is 0 Å². The normalized spacial score (nSPS) is 13.8. The zero-order valence-corrected chi connectivity index (χ0v) is 8.38. The molecule has 2 aliphatic heterocycles. The van der Waals surface area contributed by atoms with Gasteiger partial charge in [0.2, 0.25) is 0 Å². The van der Waals surface area contributed by atoms with Gasteiger partial charge in [-0.2, -0.15) is 0 Å². The molecular weight excluding hydrogens is 198 g/mol. The van der Waals surface area contributed by atoms with Crippen molar-refractivity contribution < 1.29 is 0 Å². The summed E-state index contributed by atoms with van der Waals surface area (Å²) >= 11 is 0. The van der Waals surface area contributed by atoms with Crippen LogP contribution in [0.5, 0.6) is 0 Å². The summed E-state index contributed by atoms with van der Waals surface area (Å²) in [4.78, 5) is 13.1. The van der Waals surface area contributed by atoms with Crippen molar-refractivity contribution in [2.75, 3.05) is 0 Å². The molecule has 2 aliphatic rings. The summed E-state index contributed by atoms with van der Waals surface area (Å²) < 4.78 is 0. The van der Waals surface area contributed by atoms with E-state index in [1.165, 1.54) is 0 Å². The predicted molar refractivity (Wildman–Crippen MR) is 60.7 cm³/mol. The zero-order valence-electron chi connectivity index (χ0n) is 8.38. The number of rotatable bonds is 0. The van der Waals surface area contributed by atoms with E-state index >= 15 is 0 Å². The van der Waals surface area contributed by atoms with Crippen LogP contribution in [0, 0.1) is 10.4 Å². The third kappa shape index (κ3) is 0.852. The molecule has 3 heteroatoms. The van der Waals surface area contributed by atoms with Gasteiger partial charge in [-0.1, -0.05) is 18.2 Å². The Labute approximate surface area is 90.8 Å². The highest BCUT2D eigenvalue weighted by Gasteiger charge is 2.09. The van der Waals surface area contributed by atoms with Crippen molar-refractivity contribution >= 4 is 17.7 Å². The first-order chi connectivity index (χ1) is 7.93. The second-order valence-electron chi connectivity index (χ2n) is 3.83. The quantitative estimate of drug-likeness (QED) is 0.534. The summed E-state index contributed by atoms with van der Waals surface area (Å²) in [6.45, 7) is 0. The summed E-state index contributed by atoms with van der Waals surface area (Å²) in [5, 5.41) is 4.24. The van der Waals surface area contributed by atoms with Crippen molar-refractivity contribution in [3.8, 4) is 0 Å². The Kier molecular flexibility index (Phi) is 1.31. The predicted octanol–water partition coefficient (Wildman–Crippen LogP) is 1.53. The molecule has 2 aromatic carbocycles. The fourth-order valence-electron chi connectivity index (χ4n) is 2.22. The minimum absolute atomic E-state index is 0.936. The second kappa shape index (κ2) is 2.64. The Morgan fingerprint density at radius 2 is 1.75 bits per heavy atom. The maximum Gasteiger partial charge on any atom is 0.116 e. The molecule has 0 saturated heterocycles. The number of nitrogens with zero attached hydrogens (tertiary/aromatic N) is 3. The fourth-order valence-corrected chi connectivity index (χ4v) is 2.22. The van der Waals surface area contributed by atoms with E-state index in [0.717, 1.165) is 32.5 Å². The maximum absolute atomic E-state index is 4.58. The molecule has 0 saturated carbocycles. The van der Waals surface area contributed by atoms with Crippen LogP contribution < -0.4 is 10.7 Å². The van der Waals surface area contributed by atoms with Gasteiger partial charge in [-0.3, -0.25) is 0 Å². The zero-order chi connectivity index (χ0) is 10.5. The van der Waals surface area contributed by atoms with Crippen LogP contribution in [0.25, 0.3) is 0 Å². The van der Waals surface area contributed by atoms with Crippen LogP contribution in [0.15, 0.2) is 51.4 Å². The van der Waals surface area contributed by atoms with E-state index < -0.39 is 0 Å². The molecule has 0 spiro atoms. The number of benzene rings is 2. The van der Waals surface area contributed by atoms with Gasteiger partial charge >= 0.3 is 0 Å². The molecule has 2 aromatic rings. The summed E-state index contributed by atoms with van der Waals surface area (Å²) in [5.74, 6) is 0. The van der Waals surface area contributed by atoms with Crippen LogP contribution in [0.1, 0.15) is 0 Å². The molecule has 0 radical (unpaired) electrons. The number of hydrogen-bond donors (Lipinski definition) is 0. The minimum Gasteiger partial charge on any atom is -0.248 e. The molecule has 16 heavy (non-hydrogen) atoms. The van der Waals surface area contributed by atoms with Crippen molar-refractivity contribution in [1.82, 2.24) is 0 Å². The molecule has 0 aromatic heterocycles. The molecule has 0 bridgehead atoms. The van der Waals surface area contributed by atoms with Crippen LogP contribution >= 0.6 is 0 Å². The SMILES string of the molecule is C1=Nc2ccc3c(c2=N1)=c1ccccc1=N3.